The maximum absolute atomic E-state index is 12.7. The summed E-state index contributed by atoms with van der Waals surface area (Å²) in [6.07, 6.45) is 1.62. The molecule has 1 aliphatic rings. The molecule has 110 valence electrons. The number of carbonyl (C=O) groups is 1. The lowest BCUT2D eigenvalue weighted by atomic mass is 9.72. The van der Waals surface area contributed by atoms with Crippen molar-refractivity contribution in [3.63, 3.8) is 0 Å². The van der Waals surface area contributed by atoms with Crippen LogP contribution in [0.2, 0.25) is 0 Å². The van der Waals surface area contributed by atoms with Crippen molar-refractivity contribution in [3.8, 4) is 0 Å². The van der Waals surface area contributed by atoms with Gasteiger partial charge < -0.3 is 9.64 Å². The predicted octanol–water partition coefficient (Wildman–Crippen LogP) is 2.99. The van der Waals surface area contributed by atoms with Gasteiger partial charge in [-0.15, -0.1) is 0 Å². The van der Waals surface area contributed by atoms with Crippen LogP contribution < -0.4 is 0 Å². The summed E-state index contributed by atoms with van der Waals surface area (Å²) < 4.78 is 5.56. The van der Waals surface area contributed by atoms with Crippen LogP contribution in [0.15, 0.2) is 30.3 Å². The zero-order chi connectivity index (χ0) is 14.6. The van der Waals surface area contributed by atoms with Crippen LogP contribution in [0.3, 0.4) is 0 Å². The lowest BCUT2D eigenvalue weighted by Gasteiger charge is -2.40. The van der Waals surface area contributed by atoms with Gasteiger partial charge in [-0.1, -0.05) is 37.3 Å². The smallest absolute Gasteiger partial charge is 0.316 e. The van der Waals surface area contributed by atoms with Crippen molar-refractivity contribution in [1.29, 1.82) is 0 Å². The molecular formula is C17H25NO2. The van der Waals surface area contributed by atoms with E-state index in [1.165, 1.54) is 0 Å². The van der Waals surface area contributed by atoms with Crippen LogP contribution in [0.25, 0.3) is 0 Å². The molecule has 0 radical (unpaired) electrons. The molecule has 0 amide bonds. The Bertz CT molecular complexity index is 434. The van der Waals surface area contributed by atoms with Crippen molar-refractivity contribution in [2.75, 3.05) is 19.6 Å². The molecule has 1 heterocycles. The second kappa shape index (κ2) is 6.40. The fourth-order valence-electron chi connectivity index (χ4n) is 2.95. The first kappa shape index (κ1) is 15.0. The number of likely N-dealkylation sites (tertiary alicyclic amines) is 1. The second-order valence-corrected chi connectivity index (χ2v) is 5.84. The third-order valence-electron chi connectivity index (χ3n) is 4.22. The molecule has 1 aliphatic heterocycles. The molecule has 1 saturated heterocycles. The number of ether oxygens (including phenoxy) is 1. The van der Waals surface area contributed by atoms with Gasteiger partial charge in [0.1, 0.15) is 0 Å². The average molecular weight is 275 g/mol. The summed E-state index contributed by atoms with van der Waals surface area (Å²) in [6.45, 7) is 8.96. The van der Waals surface area contributed by atoms with E-state index in [0.29, 0.717) is 0 Å². The van der Waals surface area contributed by atoms with Gasteiger partial charge >= 0.3 is 5.97 Å². The Balaban J connectivity index is 2.28. The second-order valence-electron chi connectivity index (χ2n) is 5.84. The van der Waals surface area contributed by atoms with Crippen LogP contribution in [0.1, 0.15) is 39.2 Å². The van der Waals surface area contributed by atoms with E-state index in [1.807, 2.05) is 32.0 Å². The molecule has 0 N–H and O–H groups in total. The largest absolute Gasteiger partial charge is 0.462 e. The summed E-state index contributed by atoms with van der Waals surface area (Å²) in [4.78, 5) is 15.1. The number of benzene rings is 1. The number of esters is 1. The number of piperidine rings is 1. The van der Waals surface area contributed by atoms with Gasteiger partial charge in [0.25, 0.3) is 0 Å². The normalized spacial score (nSPS) is 19.0. The van der Waals surface area contributed by atoms with Gasteiger partial charge in [0.15, 0.2) is 0 Å². The highest BCUT2D eigenvalue weighted by Gasteiger charge is 2.44. The van der Waals surface area contributed by atoms with Crippen LogP contribution in [0.5, 0.6) is 0 Å². The molecule has 3 heteroatoms. The van der Waals surface area contributed by atoms with E-state index in [2.05, 4.69) is 24.0 Å². The van der Waals surface area contributed by atoms with Gasteiger partial charge in [-0.25, -0.2) is 0 Å². The summed E-state index contributed by atoms with van der Waals surface area (Å²) in [5.74, 6) is -0.0607. The molecule has 1 fully saturated rings. The maximum Gasteiger partial charge on any atom is 0.316 e. The van der Waals surface area contributed by atoms with Crippen LogP contribution in [-0.2, 0) is 14.9 Å². The number of nitrogens with zero attached hydrogens (tertiary/aromatic N) is 1. The highest BCUT2D eigenvalue weighted by Crippen LogP contribution is 2.37. The third-order valence-corrected chi connectivity index (χ3v) is 4.22. The molecule has 1 aromatic carbocycles. The molecule has 0 saturated carbocycles. The fraction of sp³-hybridized carbons (Fsp3) is 0.588. The Morgan fingerprint density at radius 3 is 2.35 bits per heavy atom. The lowest BCUT2D eigenvalue weighted by Crippen LogP contribution is -2.48. The first-order valence-corrected chi connectivity index (χ1v) is 7.57. The topological polar surface area (TPSA) is 29.5 Å². The highest BCUT2D eigenvalue weighted by atomic mass is 16.5. The van der Waals surface area contributed by atoms with Crippen molar-refractivity contribution in [3.05, 3.63) is 35.9 Å². The first-order valence-electron chi connectivity index (χ1n) is 7.57. The highest BCUT2D eigenvalue weighted by molar-refractivity contribution is 5.83. The molecule has 1 aromatic rings. The molecule has 20 heavy (non-hydrogen) atoms. The summed E-state index contributed by atoms with van der Waals surface area (Å²) >= 11 is 0. The van der Waals surface area contributed by atoms with E-state index in [0.717, 1.165) is 38.0 Å². The molecule has 0 unspecified atom stereocenters. The van der Waals surface area contributed by atoms with Crippen LogP contribution in [0.4, 0.5) is 0 Å². The van der Waals surface area contributed by atoms with Gasteiger partial charge in [-0.05, 0) is 51.9 Å². The van der Waals surface area contributed by atoms with E-state index < -0.39 is 5.41 Å². The Morgan fingerprint density at radius 2 is 1.85 bits per heavy atom. The van der Waals surface area contributed by atoms with Gasteiger partial charge in [0.2, 0.25) is 0 Å². The minimum atomic E-state index is -0.461. The zero-order valence-electron chi connectivity index (χ0n) is 12.8. The zero-order valence-corrected chi connectivity index (χ0v) is 12.8. The molecule has 0 spiro atoms. The minimum absolute atomic E-state index is 0.0607. The van der Waals surface area contributed by atoms with E-state index in [4.69, 9.17) is 4.74 Å². The number of hydrogen-bond acceptors (Lipinski definition) is 3. The monoisotopic (exact) mass is 275 g/mol. The predicted molar refractivity (Wildman–Crippen MR) is 80.7 cm³/mol. The minimum Gasteiger partial charge on any atom is -0.462 e. The van der Waals surface area contributed by atoms with Crippen LogP contribution in [0, 0.1) is 0 Å². The summed E-state index contributed by atoms with van der Waals surface area (Å²) in [5.41, 5.74) is 0.637. The van der Waals surface area contributed by atoms with Crippen molar-refractivity contribution in [2.24, 2.45) is 0 Å². The Morgan fingerprint density at radius 1 is 1.25 bits per heavy atom. The number of carbonyl (C=O) groups excluding carboxylic acids is 1. The molecular weight excluding hydrogens is 250 g/mol. The van der Waals surface area contributed by atoms with E-state index in [9.17, 15) is 4.79 Å². The first-order chi connectivity index (χ1) is 9.58. The Labute approximate surface area is 121 Å². The molecule has 0 aliphatic carbocycles. The molecule has 0 bridgehead atoms. The van der Waals surface area contributed by atoms with Gasteiger partial charge in [-0.3, -0.25) is 4.79 Å². The standard InChI is InChI=1S/C17H25NO2/c1-4-18-12-10-17(11-13-18,16(19)20-14(2)3)15-8-6-5-7-9-15/h5-9,14H,4,10-13H2,1-3H3. The third kappa shape index (κ3) is 3.04. The van der Waals surface area contributed by atoms with Crippen LogP contribution in [-0.4, -0.2) is 36.6 Å². The maximum atomic E-state index is 12.7. The van der Waals surface area contributed by atoms with Gasteiger partial charge in [0.05, 0.1) is 11.5 Å². The van der Waals surface area contributed by atoms with Crippen molar-refractivity contribution >= 4 is 5.97 Å². The molecule has 2 rings (SSSR count). The van der Waals surface area contributed by atoms with E-state index >= 15 is 0 Å². The van der Waals surface area contributed by atoms with Crippen molar-refractivity contribution in [1.82, 2.24) is 4.90 Å². The summed E-state index contributed by atoms with van der Waals surface area (Å²) in [7, 11) is 0. The summed E-state index contributed by atoms with van der Waals surface area (Å²) in [5, 5.41) is 0. The van der Waals surface area contributed by atoms with E-state index in [-0.39, 0.29) is 12.1 Å². The fourth-order valence-corrected chi connectivity index (χ4v) is 2.95. The quantitative estimate of drug-likeness (QED) is 0.791. The SMILES string of the molecule is CCN1CCC(C(=O)OC(C)C)(c2ccccc2)CC1. The van der Waals surface area contributed by atoms with E-state index in [1.54, 1.807) is 0 Å². The van der Waals surface area contributed by atoms with Crippen LogP contribution >= 0.6 is 0 Å². The number of rotatable bonds is 4. The summed E-state index contributed by atoms with van der Waals surface area (Å²) in [6, 6.07) is 10.1. The average Bonchev–Trinajstić information content (AvgIpc) is 2.47. The molecule has 0 atom stereocenters. The molecule has 0 aromatic heterocycles. The van der Waals surface area contributed by atoms with Crippen molar-refractivity contribution < 1.29 is 9.53 Å². The Hall–Kier alpha value is -1.35. The van der Waals surface area contributed by atoms with Crippen molar-refractivity contribution in [2.45, 2.75) is 45.1 Å². The molecule has 3 nitrogen and oxygen atoms in total. The Kier molecular flexibility index (Phi) is 4.81. The number of hydrogen-bond donors (Lipinski definition) is 0. The van der Waals surface area contributed by atoms with Gasteiger partial charge in [0, 0.05) is 0 Å². The lowest BCUT2D eigenvalue weighted by molar-refractivity contribution is -0.156. The van der Waals surface area contributed by atoms with Gasteiger partial charge in [-0.2, -0.15) is 0 Å².